The first-order valence-electron chi connectivity index (χ1n) is 6.14. The van der Waals surface area contributed by atoms with Gasteiger partial charge in [0.05, 0.1) is 17.7 Å². The number of ether oxygens (including phenoxy) is 1. The number of hydrogen-bond donors (Lipinski definition) is 0. The van der Waals surface area contributed by atoms with Gasteiger partial charge in [-0.25, -0.2) is 0 Å². The van der Waals surface area contributed by atoms with Crippen LogP contribution in [0.2, 0.25) is 0 Å². The summed E-state index contributed by atoms with van der Waals surface area (Å²) in [5.41, 5.74) is 0.757. The molecular formula is C15H11NO2S3. The van der Waals surface area contributed by atoms with Crippen molar-refractivity contribution < 1.29 is 9.53 Å². The molecule has 0 atom stereocenters. The van der Waals surface area contributed by atoms with Crippen molar-refractivity contribution in [2.45, 2.75) is 0 Å². The van der Waals surface area contributed by atoms with Crippen LogP contribution in [0, 0.1) is 0 Å². The molecule has 6 heteroatoms. The van der Waals surface area contributed by atoms with E-state index in [0.717, 1.165) is 16.3 Å². The summed E-state index contributed by atoms with van der Waals surface area (Å²) in [5, 5.41) is 1.98. The molecule has 1 aliphatic heterocycles. The lowest BCUT2D eigenvalue weighted by atomic mass is 10.2. The molecule has 1 fully saturated rings. The number of benzene rings is 1. The van der Waals surface area contributed by atoms with Crippen molar-refractivity contribution in [1.82, 2.24) is 0 Å². The molecular weight excluding hydrogens is 322 g/mol. The molecule has 2 aromatic rings. The third-order valence-electron chi connectivity index (χ3n) is 2.94. The first-order valence-corrected chi connectivity index (χ1v) is 8.25. The van der Waals surface area contributed by atoms with Gasteiger partial charge < -0.3 is 4.74 Å². The fourth-order valence-corrected chi connectivity index (χ4v) is 3.95. The smallest absolute Gasteiger partial charge is 0.270 e. The zero-order valence-corrected chi connectivity index (χ0v) is 13.6. The van der Waals surface area contributed by atoms with Crippen molar-refractivity contribution in [3.63, 3.8) is 0 Å². The maximum Gasteiger partial charge on any atom is 0.270 e. The molecule has 3 rings (SSSR count). The number of methoxy groups -OCH3 is 1. The highest BCUT2D eigenvalue weighted by Gasteiger charge is 2.33. The Labute approximate surface area is 136 Å². The van der Waals surface area contributed by atoms with Crippen LogP contribution in [0.1, 0.15) is 4.88 Å². The lowest BCUT2D eigenvalue weighted by Crippen LogP contribution is -2.27. The zero-order chi connectivity index (χ0) is 14.8. The predicted molar refractivity (Wildman–Crippen MR) is 93.0 cm³/mol. The summed E-state index contributed by atoms with van der Waals surface area (Å²) >= 11 is 8.26. The Morgan fingerprint density at radius 1 is 1.24 bits per heavy atom. The Balaban J connectivity index is 1.90. The molecule has 3 nitrogen and oxygen atoms in total. The summed E-state index contributed by atoms with van der Waals surface area (Å²) < 4.78 is 5.67. The number of carbonyl (C=O) groups excluding carboxylic acids is 1. The predicted octanol–water partition coefficient (Wildman–Crippen LogP) is 4.16. The van der Waals surface area contributed by atoms with Crippen LogP contribution in [0.3, 0.4) is 0 Å². The molecule has 1 amide bonds. The van der Waals surface area contributed by atoms with Gasteiger partial charge in [0, 0.05) is 4.88 Å². The minimum atomic E-state index is -0.0800. The highest BCUT2D eigenvalue weighted by molar-refractivity contribution is 8.27. The van der Waals surface area contributed by atoms with Gasteiger partial charge in [0.2, 0.25) is 0 Å². The maximum atomic E-state index is 12.5. The number of anilines is 1. The summed E-state index contributed by atoms with van der Waals surface area (Å²) in [7, 11) is 1.61. The Morgan fingerprint density at radius 3 is 2.62 bits per heavy atom. The van der Waals surface area contributed by atoms with E-state index >= 15 is 0 Å². The fraction of sp³-hybridized carbons (Fsp3) is 0.0667. The number of thioether (sulfide) groups is 1. The second-order valence-electron chi connectivity index (χ2n) is 4.23. The molecule has 0 radical (unpaired) electrons. The Hall–Kier alpha value is -1.63. The molecule has 1 saturated heterocycles. The normalized spacial score (nSPS) is 16.8. The second-order valence-corrected chi connectivity index (χ2v) is 6.89. The number of rotatable bonds is 3. The van der Waals surface area contributed by atoms with Gasteiger partial charge in [0.15, 0.2) is 4.32 Å². The quantitative estimate of drug-likeness (QED) is 0.623. The van der Waals surface area contributed by atoms with Crippen molar-refractivity contribution in [2.24, 2.45) is 0 Å². The number of hydrogen-bond acceptors (Lipinski definition) is 5. The van der Waals surface area contributed by atoms with E-state index in [0.29, 0.717) is 9.23 Å². The Bertz CT molecular complexity index is 705. The van der Waals surface area contributed by atoms with Crippen molar-refractivity contribution in [3.8, 4) is 5.75 Å². The van der Waals surface area contributed by atoms with Crippen molar-refractivity contribution in [2.75, 3.05) is 12.0 Å². The van der Waals surface area contributed by atoms with Crippen molar-refractivity contribution >= 4 is 57.3 Å². The van der Waals surface area contributed by atoms with Gasteiger partial charge in [0.25, 0.3) is 5.91 Å². The molecule has 1 aromatic heterocycles. The van der Waals surface area contributed by atoms with Gasteiger partial charge in [0.1, 0.15) is 5.75 Å². The summed E-state index contributed by atoms with van der Waals surface area (Å²) in [4.78, 5) is 15.8. The molecule has 0 aliphatic carbocycles. The topological polar surface area (TPSA) is 29.5 Å². The average molecular weight is 333 g/mol. The van der Waals surface area contributed by atoms with Crippen LogP contribution in [0.25, 0.3) is 6.08 Å². The lowest BCUT2D eigenvalue weighted by Gasteiger charge is -2.14. The summed E-state index contributed by atoms with van der Waals surface area (Å²) in [6.07, 6.45) is 1.88. The molecule has 1 aliphatic rings. The van der Waals surface area contributed by atoms with Gasteiger partial charge in [-0.3, -0.25) is 9.69 Å². The van der Waals surface area contributed by atoms with Crippen LogP contribution in [0.5, 0.6) is 5.75 Å². The standard InChI is InChI=1S/C15H11NO2S3/c1-18-11-6-4-10(5-7-11)16-14(17)13(21-15(16)19)9-12-3-2-8-20-12/h2-9H,1H3. The summed E-state index contributed by atoms with van der Waals surface area (Å²) in [5.74, 6) is 0.668. The third kappa shape index (κ3) is 2.88. The van der Waals surface area contributed by atoms with E-state index in [1.807, 2.05) is 47.9 Å². The van der Waals surface area contributed by atoms with Crippen LogP contribution >= 0.6 is 35.3 Å². The number of carbonyl (C=O) groups is 1. The average Bonchev–Trinajstić information content (AvgIpc) is 3.09. The Morgan fingerprint density at radius 2 is 2.00 bits per heavy atom. The number of amides is 1. The minimum absolute atomic E-state index is 0.0800. The number of nitrogens with zero attached hydrogens (tertiary/aromatic N) is 1. The van der Waals surface area contributed by atoms with Gasteiger partial charge in [-0.05, 0) is 41.8 Å². The highest BCUT2D eigenvalue weighted by Crippen LogP contribution is 2.36. The van der Waals surface area contributed by atoms with Crippen LogP contribution in [-0.4, -0.2) is 17.3 Å². The molecule has 106 valence electrons. The number of thiocarbonyl (C=S) groups is 1. The largest absolute Gasteiger partial charge is 0.497 e. The van der Waals surface area contributed by atoms with Crippen LogP contribution < -0.4 is 9.64 Å². The van der Waals surface area contributed by atoms with Gasteiger partial charge >= 0.3 is 0 Å². The number of thiophene rings is 1. The highest BCUT2D eigenvalue weighted by atomic mass is 32.2. The molecule has 21 heavy (non-hydrogen) atoms. The van der Waals surface area contributed by atoms with Gasteiger partial charge in [-0.2, -0.15) is 0 Å². The molecule has 2 heterocycles. The van der Waals surface area contributed by atoms with Crippen LogP contribution in [0.15, 0.2) is 46.7 Å². The van der Waals surface area contributed by atoms with Crippen LogP contribution in [0.4, 0.5) is 5.69 Å². The van der Waals surface area contributed by atoms with E-state index in [9.17, 15) is 4.79 Å². The van der Waals surface area contributed by atoms with E-state index in [1.165, 1.54) is 11.8 Å². The van der Waals surface area contributed by atoms with E-state index < -0.39 is 0 Å². The molecule has 1 aromatic carbocycles. The molecule has 0 N–H and O–H groups in total. The van der Waals surface area contributed by atoms with Gasteiger partial charge in [-0.15, -0.1) is 11.3 Å². The zero-order valence-electron chi connectivity index (χ0n) is 11.1. The maximum absolute atomic E-state index is 12.5. The van der Waals surface area contributed by atoms with E-state index in [4.69, 9.17) is 17.0 Å². The molecule has 0 bridgehead atoms. The minimum Gasteiger partial charge on any atom is -0.497 e. The molecule has 0 unspecified atom stereocenters. The SMILES string of the molecule is COc1ccc(N2C(=O)C(=Cc3cccs3)SC2=S)cc1. The monoisotopic (exact) mass is 333 g/mol. The second kappa shape index (κ2) is 6.01. The fourth-order valence-electron chi connectivity index (χ4n) is 1.92. The van der Waals surface area contributed by atoms with E-state index in [1.54, 1.807) is 23.3 Å². The van der Waals surface area contributed by atoms with Crippen molar-refractivity contribution in [1.29, 1.82) is 0 Å². The Kier molecular flexibility index (Phi) is 4.10. The first kappa shape index (κ1) is 14.3. The first-order chi connectivity index (χ1) is 10.2. The third-order valence-corrected chi connectivity index (χ3v) is 5.06. The molecule has 0 spiro atoms. The summed E-state index contributed by atoms with van der Waals surface area (Å²) in [6, 6.07) is 11.2. The van der Waals surface area contributed by atoms with E-state index in [-0.39, 0.29) is 5.91 Å². The lowest BCUT2D eigenvalue weighted by molar-refractivity contribution is -0.113. The van der Waals surface area contributed by atoms with E-state index in [2.05, 4.69) is 0 Å². The van der Waals surface area contributed by atoms with Gasteiger partial charge in [-0.1, -0.05) is 30.0 Å². The van der Waals surface area contributed by atoms with Crippen LogP contribution in [-0.2, 0) is 4.79 Å². The molecule has 0 saturated carbocycles. The summed E-state index contributed by atoms with van der Waals surface area (Å²) in [6.45, 7) is 0. The van der Waals surface area contributed by atoms with Crippen molar-refractivity contribution in [3.05, 3.63) is 51.6 Å².